The molecule has 2 aliphatic rings. The van der Waals surface area contributed by atoms with Gasteiger partial charge in [0.2, 0.25) is 11.8 Å². The van der Waals surface area contributed by atoms with Gasteiger partial charge in [0, 0.05) is 68.9 Å². The van der Waals surface area contributed by atoms with Gasteiger partial charge in [-0.1, -0.05) is 30.3 Å². The van der Waals surface area contributed by atoms with Gasteiger partial charge in [-0.2, -0.15) is 5.10 Å². The molecule has 0 spiro atoms. The van der Waals surface area contributed by atoms with Crippen LogP contribution in [0.2, 0.25) is 0 Å². The number of aryl methyl sites for hydroxylation is 1. The molecule has 4 heterocycles. The molecule has 9 nitrogen and oxygen atoms in total. The van der Waals surface area contributed by atoms with Crippen molar-refractivity contribution >= 4 is 11.8 Å². The second-order valence-corrected chi connectivity index (χ2v) is 8.17. The Balaban J connectivity index is 1.29. The van der Waals surface area contributed by atoms with Crippen molar-refractivity contribution in [2.45, 2.75) is 25.0 Å². The fourth-order valence-electron chi connectivity index (χ4n) is 4.49. The first-order chi connectivity index (χ1) is 15.1. The number of carbonyl (C=O) groups is 2. The van der Waals surface area contributed by atoms with Crippen LogP contribution in [-0.4, -0.2) is 73.1 Å². The number of nitrogens with one attached hydrogen (secondary N) is 2. The number of fused-ring (bicyclic) bond motifs is 1. The molecule has 2 fully saturated rings. The summed E-state index contributed by atoms with van der Waals surface area (Å²) in [5.74, 6) is -0.117. The highest BCUT2D eigenvalue weighted by atomic mass is 16.2. The predicted molar refractivity (Wildman–Crippen MR) is 114 cm³/mol. The van der Waals surface area contributed by atoms with Gasteiger partial charge in [0.05, 0.1) is 12.0 Å². The third-order valence-corrected chi connectivity index (χ3v) is 5.99. The van der Waals surface area contributed by atoms with E-state index in [4.69, 9.17) is 0 Å². The fraction of sp³-hybridized carbons (Fsp3) is 0.364. The van der Waals surface area contributed by atoms with E-state index in [2.05, 4.69) is 37.4 Å². The molecule has 0 bridgehead atoms. The second kappa shape index (κ2) is 7.99. The minimum atomic E-state index is -0.543. The Labute approximate surface area is 180 Å². The number of carbonyl (C=O) groups excluding carboxylic acids is 2. The van der Waals surface area contributed by atoms with E-state index in [1.54, 1.807) is 17.4 Å². The van der Waals surface area contributed by atoms with Crippen LogP contribution in [0, 0.1) is 0 Å². The number of piperazine rings is 2. The summed E-state index contributed by atoms with van der Waals surface area (Å²) in [6.45, 7) is 2.45. The maximum atomic E-state index is 13.0. The number of imidazole rings is 1. The van der Waals surface area contributed by atoms with Crippen LogP contribution in [0.15, 0.2) is 49.1 Å². The molecule has 0 aliphatic carbocycles. The number of benzene rings is 1. The van der Waals surface area contributed by atoms with Gasteiger partial charge in [-0.3, -0.25) is 19.2 Å². The standard InChI is InChI=1S/C22H25N7O2/c1-27-11-16(20(26-27)15-5-3-2-4-6-15)12-28-7-8-29-19(13-28)21(30)25-18(22(29)31)9-17-10-23-14-24-17/h2-6,10-11,14,18-19H,7-9,12-13H2,1H3,(H,23,24)(H,25,30)/t18-,19+/m0/s1. The molecule has 31 heavy (non-hydrogen) atoms. The van der Waals surface area contributed by atoms with E-state index in [0.717, 1.165) is 29.1 Å². The van der Waals surface area contributed by atoms with Crippen LogP contribution in [0.4, 0.5) is 0 Å². The van der Waals surface area contributed by atoms with Gasteiger partial charge in [-0.05, 0) is 0 Å². The number of aromatic amines is 1. The summed E-state index contributed by atoms with van der Waals surface area (Å²) in [5, 5.41) is 7.55. The van der Waals surface area contributed by atoms with E-state index >= 15 is 0 Å². The van der Waals surface area contributed by atoms with Crippen LogP contribution in [0.3, 0.4) is 0 Å². The van der Waals surface area contributed by atoms with Crippen LogP contribution < -0.4 is 5.32 Å². The zero-order valence-corrected chi connectivity index (χ0v) is 17.4. The van der Waals surface area contributed by atoms with Crippen molar-refractivity contribution in [3.63, 3.8) is 0 Å². The Morgan fingerprint density at radius 1 is 1.16 bits per heavy atom. The van der Waals surface area contributed by atoms with Gasteiger partial charge in [-0.15, -0.1) is 0 Å². The normalized spacial score (nSPS) is 21.8. The Morgan fingerprint density at radius 2 is 2.00 bits per heavy atom. The van der Waals surface area contributed by atoms with Crippen molar-refractivity contribution in [3.8, 4) is 11.3 Å². The molecule has 2 saturated heterocycles. The fourth-order valence-corrected chi connectivity index (χ4v) is 4.49. The first-order valence-electron chi connectivity index (χ1n) is 10.5. The molecular formula is C22H25N7O2. The summed E-state index contributed by atoms with van der Waals surface area (Å²) in [4.78, 5) is 36.8. The van der Waals surface area contributed by atoms with Crippen molar-refractivity contribution in [3.05, 3.63) is 60.3 Å². The van der Waals surface area contributed by atoms with Crippen molar-refractivity contribution in [2.75, 3.05) is 19.6 Å². The largest absolute Gasteiger partial charge is 0.348 e. The van der Waals surface area contributed by atoms with Crippen LogP contribution >= 0.6 is 0 Å². The van der Waals surface area contributed by atoms with Gasteiger partial charge in [0.1, 0.15) is 12.1 Å². The summed E-state index contributed by atoms with van der Waals surface area (Å²) in [7, 11) is 1.92. The van der Waals surface area contributed by atoms with E-state index in [1.165, 1.54) is 0 Å². The lowest BCUT2D eigenvalue weighted by Crippen LogP contribution is -2.69. The van der Waals surface area contributed by atoms with Crippen LogP contribution in [-0.2, 0) is 29.6 Å². The Hall–Kier alpha value is -3.46. The van der Waals surface area contributed by atoms with Crippen LogP contribution in [0.1, 0.15) is 11.3 Å². The highest BCUT2D eigenvalue weighted by Crippen LogP contribution is 2.25. The predicted octanol–water partition coefficient (Wildman–Crippen LogP) is 0.564. The molecule has 2 aromatic heterocycles. The van der Waals surface area contributed by atoms with Crippen LogP contribution in [0.5, 0.6) is 0 Å². The van der Waals surface area contributed by atoms with Crippen molar-refractivity contribution < 1.29 is 9.59 Å². The van der Waals surface area contributed by atoms with E-state index in [0.29, 0.717) is 26.1 Å². The van der Waals surface area contributed by atoms with Crippen LogP contribution in [0.25, 0.3) is 11.3 Å². The average molecular weight is 419 g/mol. The molecule has 2 aliphatic heterocycles. The molecule has 9 heteroatoms. The van der Waals surface area contributed by atoms with Crippen molar-refractivity contribution in [2.24, 2.45) is 7.05 Å². The van der Waals surface area contributed by atoms with E-state index in [1.807, 2.05) is 36.1 Å². The molecule has 5 rings (SSSR count). The first-order valence-corrected chi connectivity index (χ1v) is 10.5. The number of hydrogen-bond acceptors (Lipinski definition) is 5. The van der Waals surface area contributed by atoms with Gasteiger partial charge in [-0.25, -0.2) is 4.98 Å². The molecule has 160 valence electrons. The van der Waals surface area contributed by atoms with Crippen molar-refractivity contribution in [1.82, 2.24) is 34.9 Å². The number of nitrogens with zero attached hydrogens (tertiary/aromatic N) is 5. The quantitative estimate of drug-likeness (QED) is 0.630. The molecule has 1 aromatic carbocycles. The number of aromatic nitrogens is 4. The summed E-state index contributed by atoms with van der Waals surface area (Å²) >= 11 is 0. The highest BCUT2D eigenvalue weighted by molar-refractivity contribution is 5.97. The highest BCUT2D eigenvalue weighted by Gasteiger charge is 2.43. The van der Waals surface area contributed by atoms with E-state index in [9.17, 15) is 9.59 Å². The number of amides is 2. The molecular weight excluding hydrogens is 394 g/mol. The molecule has 0 radical (unpaired) electrons. The first kappa shape index (κ1) is 19.5. The summed E-state index contributed by atoms with van der Waals surface area (Å²) in [5.41, 5.74) is 3.97. The van der Waals surface area contributed by atoms with E-state index < -0.39 is 12.1 Å². The monoisotopic (exact) mass is 419 g/mol. The summed E-state index contributed by atoms with van der Waals surface area (Å²) in [6.07, 6.45) is 5.71. The minimum absolute atomic E-state index is 0.0230. The SMILES string of the molecule is Cn1cc(CN2CCN3C(=O)[C@H](Cc4cnc[nH]4)NC(=O)[C@H]3C2)c(-c2ccccc2)n1. The number of H-pyrrole nitrogens is 1. The lowest BCUT2D eigenvalue weighted by molar-refractivity contribution is -0.153. The maximum Gasteiger partial charge on any atom is 0.246 e. The topological polar surface area (TPSA) is 99.1 Å². The Morgan fingerprint density at radius 3 is 2.77 bits per heavy atom. The molecule has 0 unspecified atom stereocenters. The molecule has 2 amide bonds. The number of hydrogen-bond donors (Lipinski definition) is 2. The maximum absolute atomic E-state index is 13.0. The minimum Gasteiger partial charge on any atom is -0.348 e. The van der Waals surface area contributed by atoms with E-state index in [-0.39, 0.29) is 11.8 Å². The Bertz CT molecular complexity index is 1080. The Kier molecular flexibility index (Phi) is 5.03. The summed E-state index contributed by atoms with van der Waals surface area (Å²) < 4.78 is 1.82. The molecule has 3 aromatic rings. The van der Waals surface area contributed by atoms with Gasteiger partial charge in [0.25, 0.3) is 0 Å². The average Bonchev–Trinajstić information content (AvgIpc) is 3.42. The summed E-state index contributed by atoms with van der Waals surface area (Å²) in [6, 6.07) is 9.10. The molecule has 2 atom stereocenters. The zero-order chi connectivity index (χ0) is 21.4. The third kappa shape index (κ3) is 3.84. The smallest absolute Gasteiger partial charge is 0.246 e. The zero-order valence-electron chi connectivity index (χ0n) is 17.4. The third-order valence-electron chi connectivity index (χ3n) is 5.99. The molecule has 0 saturated carbocycles. The lowest BCUT2D eigenvalue weighted by atomic mass is 10.0. The second-order valence-electron chi connectivity index (χ2n) is 8.17. The van der Waals surface area contributed by atoms with Gasteiger partial charge < -0.3 is 15.2 Å². The molecule has 2 N–H and O–H groups in total. The number of rotatable bonds is 5. The lowest BCUT2D eigenvalue weighted by Gasteiger charge is -2.45. The van der Waals surface area contributed by atoms with Gasteiger partial charge in [0.15, 0.2) is 0 Å². The van der Waals surface area contributed by atoms with Crippen molar-refractivity contribution in [1.29, 1.82) is 0 Å². The van der Waals surface area contributed by atoms with Gasteiger partial charge >= 0.3 is 0 Å².